The molecule has 6 nitrogen and oxygen atoms in total. The van der Waals surface area contributed by atoms with Crippen LogP contribution < -0.4 is 0 Å². The fourth-order valence-electron chi connectivity index (χ4n) is 10.6. The third-order valence-electron chi connectivity index (χ3n) is 15.9. The molecule has 1 atom stereocenters. The largest absolute Gasteiger partial charge is 0.462 e. The minimum absolute atomic E-state index is 0.0765. The lowest BCUT2D eigenvalue weighted by Gasteiger charge is -2.18. The van der Waals surface area contributed by atoms with Gasteiger partial charge in [0.25, 0.3) is 0 Å². The van der Waals surface area contributed by atoms with Crippen molar-refractivity contribution in [1.82, 2.24) is 0 Å². The summed E-state index contributed by atoms with van der Waals surface area (Å²) in [6.07, 6.45) is 83.3. The molecule has 1 unspecified atom stereocenters. The Bertz CT molecular complexity index is 1300. The molecule has 458 valence electrons. The average molecular weight is 1100 g/mol. The van der Waals surface area contributed by atoms with Gasteiger partial charge in [-0.25, -0.2) is 0 Å². The van der Waals surface area contributed by atoms with Crippen LogP contribution in [0.2, 0.25) is 0 Å². The molecule has 0 amide bonds. The normalized spacial score (nSPS) is 12.2. The molecule has 0 aromatic carbocycles. The van der Waals surface area contributed by atoms with Crippen LogP contribution in [0.3, 0.4) is 0 Å². The molecule has 0 rings (SSSR count). The van der Waals surface area contributed by atoms with E-state index < -0.39 is 6.10 Å². The van der Waals surface area contributed by atoms with Gasteiger partial charge in [-0.3, -0.25) is 14.4 Å². The summed E-state index contributed by atoms with van der Waals surface area (Å²) in [6.45, 7) is 6.65. The molecule has 0 aromatic heterocycles. The van der Waals surface area contributed by atoms with Crippen molar-refractivity contribution < 1.29 is 28.6 Å². The Kier molecular flexibility index (Phi) is 65.1. The molecular weight excluding hydrogens is 961 g/mol. The number of allylic oxidation sites excluding steroid dienone is 6. The summed E-state index contributed by atoms with van der Waals surface area (Å²) < 4.78 is 16.9. The first-order chi connectivity index (χ1) is 38.5. The summed E-state index contributed by atoms with van der Waals surface area (Å²) in [5, 5.41) is 0. The molecule has 0 aliphatic carbocycles. The lowest BCUT2D eigenvalue weighted by molar-refractivity contribution is -0.167. The Balaban J connectivity index is 4.13. The fraction of sp³-hybridized carbons (Fsp3) is 0.875. The van der Waals surface area contributed by atoms with Gasteiger partial charge < -0.3 is 14.2 Å². The minimum Gasteiger partial charge on any atom is -0.462 e. The molecule has 6 heteroatoms. The van der Waals surface area contributed by atoms with E-state index in [0.29, 0.717) is 19.3 Å². The van der Waals surface area contributed by atoms with Crippen LogP contribution in [0.5, 0.6) is 0 Å². The van der Waals surface area contributed by atoms with Crippen LogP contribution in [0.1, 0.15) is 387 Å². The second-order valence-corrected chi connectivity index (χ2v) is 23.8. The van der Waals surface area contributed by atoms with Gasteiger partial charge in [-0.1, -0.05) is 327 Å². The number of carbonyl (C=O) groups is 3. The number of esters is 3. The highest BCUT2D eigenvalue weighted by Gasteiger charge is 2.19. The molecule has 0 bridgehead atoms. The smallest absolute Gasteiger partial charge is 0.306 e. The highest BCUT2D eigenvalue weighted by molar-refractivity contribution is 5.71. The zero-order valence-electron chi connectivity index (χ0n) is 52.7. The number of ether oxygens (including phenoxy) is 3. The van der Waals surface area contributed by atoms with E-state index in [2.05, 4.69) is 57.2 Å². The summed E-state index contributed by atoms with van der Waals surface area (Å²) >= 11 is 0. The SMILES string of the molecule is CCCCCC/C=C\C/C=C\CCCCCCCC(=O)OC(COC(=O)CCCCCCC/C=C\CCCCCC)COC(=O)CCCCCCCCCCCCCCCCCCCCCCCCCCCCCCCCC. The maximum Gasteiger partial charge on any atom is 0.306 e. The molecule has 0 fully saturated rings. The molecule has 0 saturated heterocycles. The number of unbranched alkanes of at least 4 members (excludes halogenated alkanes) is 48. The van der Waals surface area contributed by atoms with Crippen LogP contribution in [0.25, 0.3) is 0 Å². The van der Waals surface area contributed by atoms with Gasteiger partial charge in [0.2, 0.25) is 0 Å². The summed E-state index contributed by atoms with van der Waals surface area (Å²) in [5.41, 5.74) is 0. The third-order valence-corrected chi connectivity index (χ3v) is 15.9. The zero-order chi connectivity index (χ0) is 56.4. The van der Waals surface area contributed by atoms with E-state index in [1.54, 1.807) is 0 Å². The number of hydrogen-bond acceptors (Lipinski definition) is 6. The van der Waals surface area contributed by atoms with Crippen LogP contribution in [0, 0.1) is 0 Å². The number of rotatable bonds is 65. The van der Waals surface area contributed by atoms with Crippen molar-refractivity contribution in [3.8, 4) is 0 Å². The van der Waals surface area contributed by atoms with Crippen molar-refractivity contribution in [3.05, 3.63) is 36.5 Å². The van der Waals surface area contributed by atoms with Gasteiger partial charge >= 0.3 is 17.9 Å². The van der Waals surface area contributed by atoms with Crippen LogP contribution >= 0.6 is 0 Å². The lowest BCUT2D eigenvalue weighted by atomic mass is 10.0. The predicted molar refractivity (Wildman–Crippen MR) is 339 cm³/mol. The highest BCUT2D eigenvalue weighted by Crippen LogP contribution is 2.18. The standard InChI is InChI=1S/C72H134O6/c1-4-7-10-13-16-19-22-25-27-29-30-31-32-33-34-35-36-37-38-39-40-41-42-43-45-47-50-53-56-59-62-65-71(74)77-68-69(67-76-70(73)64-61-58-55-52-49-46-24-21-18-15-12-9-6-3)78-72(75)66-63-60-57-54-51-48-44-28-26-23-20-17-14-11-8-5-2/h20-21,23-24,28,44,69H,4-19,22,25-27,29-43,45-68H2,1-3H3/b23-20-,24-21-,44-28-. The Morgan fingerprint density at radius 1 is 0.256 bits per heavy atom. The van der Waals surface area contributed by atoms with Crippen LogP contribution in [0.15, 0.2) is 36.5 Å². The van der Waals surface area contributed by atoms with Gasteiger partial charge in [0.1, 0.15) is 13.2 Å². The van der Waals surface area contributed by atoms with Crippen molar-refractivity contribution >= 4 is 17.9 Å². The monoisotopic (exact) mass is 1100 g/mol. The fourth-order valence-corrected chi connectivity index (χ4v) is 10.6. The van der Waals surface area contributed by atoms with Crippen LogP contribution in [-0.4, -0.2) is 37.2 Å². The topological polar surface area (TPSA) is 78.9 Å². The van der Waals surface area contributed by atoms with Crippen molar-refractivity contribution in [2.75, 3.05) is 13.2 Å². The van der Waals surface area contributed by atoms with E-state index in [9.17, 15) is 14.4 Å². The van der Waals surface area contributed by atoms with E-state index in [1.165, 1.54) is 257 Å². The van der Waals surface area contributed by atoms with Crippen molar-refractivity contribution in [2.45, 2.75) is 393 Å². The van der Waals surface area contributed by atoms with Gasteiger partial charge in [0, 0.05) is 19.3 Å². The molecule has 78 heavy (non-hydrogen) atoms. The third kappa shape index (κ3) is 64.5. The molecule has 0 spiro atoms. The summed E-state index contributed by atoms with van der Waals surface area (Å²) in [4.78, 5) is 38.3. The number of hydrogen-bond donors (Lipinski definition) is 0. The average Bonchev–Trinajstić information content (AvgIpc) is 3.44. The zero-order valence-corrected chi connectivity index (χ0v) is 52.7. The molecule has 0 aliphatic rings. The Labute approximate surface area is 486 Å². The molecular formula is C72H134O6. The first-order valence-electron chi connectivity index (χ1n) is 35.0. The first kappa shape index (κ1) is 75.6. The van der Waals surface area contributed by atoms with E-state index in [-0.39, 0.29) is 31.1 Å². The van der Waals surface area contributed by atoms with Gasteiger partial charge in [-0.15, -0.1) is 0 Å². The van der Waals surface area contributed by atoms with Gasteiger partial charge in [-0.05, 0) is 77.0 Å². The molecule has 0 heterocycles. The number of carbonyl (C=O) groups excluding carboxylic acids is 3. The summed E-state index contributed by atoms with van der Waals surface area (Å²) in [6, 6.07) is 0. The highest BCUT2D eigenvalue weighted by atomic mass is 16.6. The van der Waals surface area contributed by atoms with E-state index >= 15 is 0 Å². The molecule has 0 radical (unpaired) electrons. The molecule has 0 saturated carbocycles. The van der Waals surface area contributed by atoms with E-state index in [1.807, 2.05) is 0 Å². The van der Waals surface area contributed by atoms with Gasteiger partial charge in [0.15, 0.2) is 6.10 Å². The Hall–Kier alpha value is -2.37. The van der Waals surface area contributed by atoms with Crippen LogP contribution in [0.4, 0.5) is 0 Å². The van der Waals surface area contributed by atoms with Gasteiger partial charge in [0.05, 0.1) is 0 Å². The summed E-state index contributed by atoms with van der Waals surface area (Å²) in [5.74, 6) is -0.876. The van der Waals surface area contributed by atoms with Crippen molar-refractivity contribution in [1.29, 1.82) is 0 Å². The van der Waals surface area contributed by atoms with Crippen molar-refractivity contribution in [3.63, 3.8) is 0 Å². The quantitative estimate of drug-likeness (QED) is 0.0261. The molecule has 0 aromatic rings. The maximum atomic E-state index is 12.9. The Morgan fingerprint density at radius 2 is 0.462 bits per heavy atom. The molecule has 0 aliphatic heterocycles. The van der Waals surface area contributed by atoms with Crippen LogP contribution in [-0.2, 0) is 28.6 Å². The summed E-state index contributed by atoms with van der Waals surface area (Å²) in [7, 11) is 0. The van der Waals surface area contributed by atoms with E-state index in [4.69, 9.17) is 14.2 Å². The second kappa shape index (κ2) is 67.1. The molecule has 0 N–H and O–H groups in total. The van der Waals surface area contributed by atoms with E-state index in [0.717, 1.165) is 89.9 Å². The first-order valence-corrected chi connectivity index (χ1v) is 35.0. The van der Waals surface area contributed by atoms with Crippen molar-refractivity contribution in [2.24, 2.45) is 0 Å². The minimum atomic E-state index is -0.781. The van der Waals surface area contributed by atoms with Gasteiger partial charge in [-0.2, -0.15) is 0 Å². The second-order valence-electron chi connectivity index (χ2n) is 23.8. The lowest BCUT2D eigenvalue weighted by Crippen LogP contribution is -2.30. The Morgan fingerprint density at radius 3 is 0.731 bits per heavy atom. The maximum absolute atomic E-state index is 12.9. The predicted octanol–water partition coefficient (Wildman–Crippen LogP) is 23.9.